The molecule has 0 spiro atoms. The van der Waals surface area contributed by atoms with E-state index >= 15 is 0 Å². The molecule has 1 rings (SSSR count). The number of ether oxygens (including phenoxy) is 1. The average molecular weight is 286 g/mol. The lowest BCUT2D eigenvalue weighted by Gasteiger charge is -2.23. The Kier molecular flexibility index (Phi) is 6.48. The van der Waals surface area contributed by atoms with E-state index < -0.39 is 5.97 Å². The van der Waals surface area contributed by atoms with Gasteiger partial charge in [-0.15, -0.1) is 0 Å². The van der Waals surface area contributed by atoms with E-state index in [2.05, 4.69) is 18.7 Å². The van der Waals surface area contributed by atoms with Crippen LogP contribution in [0.5, 0.6) is 0 Å². The zero-order chi connectivity index (χ0) is 15.8. The van der Waals surface area contributed by atoms with Crippen LogP contribution in [0.15, 0.2) is 29.8 Å². The molecule has 0 fully saturated rings. The van der Waals surface area contributed by atoms with Gasteiger partial charge in [0, 0.05) is 18.8 Å². The van der Waals surface area contributed by atoms with Crippen LogP contribution in [-0.4, -0.2) is 25.2 Å². The van der Waals surface area contributed by atoms with Gasteiger partial charge in [0.05, 0.1) is 6.10 Å². The van der Waals surface area contributed by atoms with Crippen LogP contribution in [-0.2, 0) is 9.53 Å². The molecule has 0 aliphatic carbocycles. The normalized spacial score (nSPS) is 11.1. The number of para-hydroxylation sites is 1. The van der Waals surface area contributed by atoms with Gasteiger partial charge in [-0.05, 0) is 45.4 Å². The summed E-state index contributed by atoms with van der Waals surface area (Å²) >= 11 is 0. The monoisotopic (exact) mass is 286 g/mol. The van der Waals surface area contributed by atoms with Gasteiger partial charge in [-0.25, -0.2) is 4.79 Å². The number of rotatable bonds is 6. The third-order valence-corrected chi connectivity index (χ3v) is 3.02. The highest BCUT2D eigenvalue weighted by Gasteiger charge is 2.14. The minimum Gasteiger partial charge on any atom is -0.459 e. The fraction of sp³-hybridized carbons (Fsp3) is 0.412. The summed E-state index contributed by atoms with van der Waals surface area (Å²) in [6.45, 7) is 9.39. The summed E-state index contributed by atoms with van der Waals surface area (Å²) in [6.07, 6.45) is 1.35. The second-order valence-corrected chi connectivity index (χ2v) is 4.85. The molecule has 0 aromatic heterocycles. The van der Waals surface area contributed by atoms with Gasteiger partial charge in [-0.2, -0.15) is 5.26 Å². The zero-order valence-corrected chi connectivity index (χ0v) is 13.1. The van der Waals surface area contributed by atoms with Crippen LogP contribution in [0.4, 0.5) is 5.69 Å². The van der Waals surface area contributed by atoms with Crippen molar-refractivity contribution < 1.29 is 9.53 Å². The van der Waals surface area contributed by atoms with Crippen molar-refractivity contribution in [1.82, 2.24) is 0 Å². The van der Waals surface area contributed by atoms with E-state index in [1.807, 2.05) is 30.3 Å². The lowest BCUT2D eigenvalue weighted by Crippen LogP contribution is -2.22. The fourth-order valence-electron chi connectivity index (χ4n) is 2.03. The minimum atomic E-state index is -0.582. The molecule has 0 amide bonds. The second kappa shape index (κ2) is 8.11. The van der Waals surface area contributed by atoms with Crippen molar-refractivity contribution >= 4 is 17.7 Å². The summed E-state index contributed by atoms with van der Waals surface area (Å²) < 4.78 is 5.09. The number of carbonyl (C=O) groups is 1. The van der Waals surface area contributed by atoms with Crippen LogP contribution in [0.2, 0.25) is 0 Å². The van der Waals surface area contributed by atoms with Gasteiger partial charge in [0.15, 0.2) is 0 Å². The van der Waals surface area contributed by atoms with Crippen molar-refractivity contribution in [2.45, 2.75) is 33.8 Å². The van der Waals surface area contributed by atoms with Crippen molar-refractivity contribution in [2.24, 2.45) is 0 Å². The molecule has 0 radical (unpaired) electrons. The van der Waals surface area contributed by atoms with Gasteiger partial charge in [-0.1, -0.05) is 18.2 Å². The van der Waals surface area contributed by atoms with Crippen molar-refractivity contribution in [3.8, 4) is 6.07 Å². The summed E-state index contributed by atoms with van der Waals surface area (Å²) in [5.41, 5.74) is 1.87. The molecular formula is C17H22N2O2. The average Bonchev–Trinajstić information content (AvgIpc) is 2.46. The number of hydrogen-bond donors (Lipinski definition) is 0. The molecule has 0 saturated heterocycles. The van der Waals surface area contributed by atoms with Crippen molar-refractivity contribution in [3.63, 3.8) is 0 Å². The standard InChI is InChI=1S/C17H22N2O2/c1-5-19(6-2)16-10-8-7-9-14(16)11-15(12-18)17(20)21-13(3)4/h7-11,13H,5-6H2,1-4H3. The molecule has 4 nitrogen and oxygen atoms in total. The van der Waals surface area contributed by atoms with Gasteiger partial charge in [-0.3, -0.25) is 0 Å². The summed E-state index contributed by atoms with van der Waals surface area (Å²) in [6, 6.07) is 9.65. The first-order chi connectivity index (χ1) is 10.0. The van der Waals surface area contributed by atoms with Crippen molar-refractivity contribution in [3.05, 3.63) is 35.4 Å². The Balaban J connectivity index is 3.18. The van der Waals surface area contributed by atoms with E-state index in [0.717, 1.165) is 24.3 Å². The Morgan fingerprint density at radius 3 is 2.48 bits per heavy atom. The number of nitrogens with zero attached hydrogens (tertiary/aromatic N) is 2. The number of benzene rings is 1. The van der Waals surface area contributed by atoms with Crippen LogP contribution in [0.3, 0.4) is 0 Å². The van der Waals surface area contributed by atoms with Gasteiger partial charge >= 0.3 is 5.97 Å². The Hall–Kier alpha value is -2.28. The van der Waals surface area contributed by atoms with Gasteiger partial charge in [0.2, 0.25) is 0 Å². The quantitative estimate of drug-likeness (QED) is 0.457. The molecule has 21 heavy (non-hydrogen) atoms. The molecule has 0 bridgehead atoms. The lowest BCUT2D eigenvalue weighted by molar-refractivity contribution is -0.142. The molecule has 1 aromatic rings. The van der Waals surface area contributed by atoms with Crippen LogP contribution in [0.25, 0.3) is 6.08 Å². The summed E-state index contributed by atoms with van der Waals surface area (Å²) in [7, 11) is 0. The number of esters is 1. The third kappa shape index (κ3) is 4.64. The molecule has 0 atom stereocenters. The second-order valence-electron chi connectivity index (χ2n) is 4.85. The maximum Gasteiger partial charge on any atom is 0.349 e. The highest BCUT2D eigenvalue weighted by atomic mass is 16.5. The van der Waals surface area contributed by atoms with Gasteiger partial charge in [0.1, 0.15) is 11.6 Å². The van der Waals surface area contributed by atoms with E-state index in [1.54, 1.807) is 19.9 Å². The van der Waals surface area contributed by atoms with E-state index in [1.165, 1.54) is 0 Å². The predicted molar refractivity (Wildman–Crippen MR) is 84.8 cm³/mol. The summed E-state index contributed by atoms with van der Waals surface area (Å²) in [5.74, 6) is -0.582. The maximum absolute atomic E-state index is 11.9. The van der Waals surface area contributed by atoms with E-state index in [9.17, 15) is 10.1 Å². The predicted octanol–water partition coefficient (Wildman–Crippen LogP) is 3.39. The number of nitriles is 1. The highest BCUT2D eigenvalue weighted by Crippen LogP contribution is 2.23. The van der Waals surface area contributed by atoms with Crippen molar-refractivity contribution in [1.29, 1.82) is 5.26 Å². The Bertz CT molecular complexity index is 552. The van der Waals surface area contributed by atoms with Crippen LogP contribution in [0, 0.1) is 11.3 Å². The first kappa shape index (κ1) is 16.8. The third-order valence-electron chi connectivity index (χ3n) is 3.02. The number of anilines is 1. The molecule has 0 heterocycles. The number of carbonyl (C=O) groups excluding carboxylic acids is 1. The molecule has 112 valence electrons. The SMILES string of the molecule is CCN(CC)c1ccccc1C=C(C#N)C(=O)OC(C)C. The molecule has 1 aromatic carbocycles. The van der Waals surface area contributed by atoms with E-state index in [-0.39, 0.29) is 11.7 Å². The topological polar surface area (TPSA) is 53.3 Å². The minimum absolute atomic E-state index is 0.0170. The largest absolute Gasteiger partial charge is 0.459 e. The molecular weight excluding hydrogens is 264 g/mol. The molecule has 0 aliphatic rings. The molecule has 0 aliphatic heterocycles. The Labute approximate surface area is 126 Å². The first-order valence-corrected chi connectivity index (χ1v) is 7.20. The van der Waals surface area contributed by atoms with Crippen molar-refractivity contribution in [2.75, 3.05) is 18.0 Å². The Morgan fingerprint density at radius 2 is 1.95 bits per heavy atom. The summed E-state index contributed by atoms with van der Waals surface area (Å²) in [5, 5.41) is 9.18. The van der Waals surface area contributed by atoms with E-state index in [4.69, 9.17) is 4.74 Å². The summed E-state index contributed by atoms with van der Waals surface area (Å²) in [4.78, 5) is 14.1. The van der Waals surface area contributed by atoms with Crippen LogP contribution < -0.4 is 4.90 Å². The lowest BCUT2D eigenvalue weighted by atomic mass is 10.1. The zero-order valence-electron chi connectivity index (χ0n) is 13.1. The van der Waals surface area contributed by atoms with Crippen LogP contribution in [0.1, 0.15) is 33.3 Å². The van der Waals surface area contributed by atoms with Crippen LogP contribution >= 0.6 is 0 Å². The molecule has 0 unspecified atom stereocenters. The number of hydrogen-bond acceptors (Lipinski definition) is 4. The molecule has 0 N–H and O–H groups in total. The maximum atomic E-state index is 11.9. The highest BCUT2D eigenvalue weighted by molar-refractivity contribution is 5.98. The first-order valence-electron chi connectivity index (χ1n) is 7.20. The molecule has 0 saturated carbocycles. The van der Waals surface area contributed by atoms with E-state index in [0.29, 0.717) is 0 Å². The smallest absolute Gasteiger partial charge is 0.349 e. The van der Waals surface area contributed by atoms with Gasteiger partial charge < -0.3 is 9.64 Å². The molecule has 4 heteroatoms. The Morgan fingerprint density at radius 1 is 1.33 bits per heavy atom. The van der Waals surface area contributed by atoms with Gasteiger partial charge in [0.25, 0.3) is 0 Å². The fourth-order valence-corrected chi connectivity index (χ4v) is 2.03.